The van der Waals surface area contributed by atoms with E-state index in [2.05, 4.69) is 13.8 Å². The summed E-state index contributed by atoms with van der Waals surface area (Å²) < 4.78 is 11.9. The van der Waals surface area contributed by atoms with E-state index in [0.29, 0.717) is 11.7 Å². The molecule has 84 valence electrons. The molecule has 0 radical (unpaired) electrons. The molecule has 0 aliphatic rings. The number of nitrogens with two attached hydrogens (primary N) is 1. The molecule has 1 rings (SSSR count). The number of hydrogen-bond acceptors (Lipinski definition) is 2. The molecule has 0 heterocycles. The third-order valence-electron chi connectivity index (χ3n) is 2.72. The van der Waals surface area contributed by atoms with Crippen LogP contribution in [0.2, 0.25) is 0 Å². The fourth-order valence-electron chi connectivity index (χ4n) is 1.31. The molecule has 2 N–H and O–H groups in total. The van der Waals surface area contributed by atoms with Gasteiger partial charge in [-0.2, -0.15) is 0 Å². The summed E-state index contributed by atoms with van der Waals surface area (Å²) in [5.74, 6) is 0.983. The predicted molar refractivity (Wildman–Crippen MR) is 65.1 cm³/mol. The first-order valence-electron chi connectivity index (χ1n) is 5.34. The Morgan fingerprint density at radius 1 is 1.33 bits per heavy atom. The minimum atomic E-state index is -0.961. The molecular formula is C12H19NOS. The summed E-state index contributed by atoms with van der Waals surface area (Å²) in [6.45, 7) is 4.21. The molecule has 1 aromatic carbocycles. The van der Waals surface area contributed by atoms with Crippen LogP contribution in [0.3, 0.4) is 0 Å². The smallest absolute Gasteiger partial charge is 0.0545 e. The quantitative estimate of drug-likeness (QED) is 0.834. The molecule has 0 aliphatic heterocycles. The van der Waals surface area contributed by atoms with Crippen molar-refractivity contribution in [2.75, 3.05) is 5.75 Å². The third-order valence-corrected chi connectivity index (χ3v) is 4.21. The molecule has 3 heteroatoms. The lowest BCUT2D eigenvalue weighted by molar-refractivity contribution is 0.472. The summed E-state index contributed by atoms with van der Waals surface area (Å²) >= 11 is 0. The Hall–Kier alpha value is -0.670. The minimum Gasteiger partial charge on any atom is -0.327 e. The normalized spacial score (nSPS) is 17.0. The molecule has 2 nitrogen and oxygen atoms in total. The molecule has 0 aliphatic carbocycles. The van der Waals surface area contributed by atoms with Crippen LogP contribution in [0.4, 0.5) is 0 Å². The van der Waals surface area contributed by atoms with Crippen LogP contribution in [-0.4, -0.2) is 16.0 Å². The maximum absolute atomic E-state index is 11.9. The highest BCUT2D eigenvalue weighted by Crippen LogP contribution is 2.11. The molecule has 0 aromatic heterocycles. The van der Waals surface area contributed by atoms with Crippen molar-refractivity contribution in [2.45, 2.75) is 31.2 Å². The molecule has 0 saturated heterocycles. The highest BCUT2D eigenvalue weighted by molar-refractivity contribution is 7.85. The van der Waals surface area contributed by atoms with Gasteiger partial charge in [0.15, 0.2) is 0 Å². The summed E-state index contributed by atoms with van der Waals surface area (Å²) in [6, 6.07) is 9.54. The highest BCUT2D eigenvalue weighted by Gasteiger charge is 2.14. The van der Waals surface area contributed by atoms with Crippen molar-refractivity contribution in [3.8, 4) is 0 Å². The Balaban J connectivity index is 2.57. The monoisotopic (exact) mass is 225 g/mol. The van der Waals surface area contributed by atoms with Crippen LogP contribution in [0.5, 0.6) is 0 Å². The van der Waals surface area contributed by atoms with Gasteiger partial charge in [0.05, 0.1) is 10.8 Å². The number of benzene rings is 1. The van der Waals surface area contributed by atoms with Gasteiger partial charge < -0.3 is 5.73 Å². The van der Waals surface area contributed by atoms with Gasteiger partial charge in [0.1, 0.15) is 0 Å². The Labute approximate surface area is 94.3 Å². The van der Waals surface area contributed by atoms with Gasteiger partial charge in [0, 0.05) is 16.7 Å². The van der Waals surface area contributed by atoms with E-state index in [4.69, 9.17) is 5.73 Å². The van der Waals surface area contributed by atoms with Gasteiger partial charge >= 0.3 is 0 Å². The van der Waals surface area contributed by atoms with E-state index in [-0.39, 0.29) is 6.04 Å². The second-order valence-corrected chi connectivity index (χ2v) is 5.37. The minimum absolute atomic E-state index is 0.0241. The average molecular weight is 225 g/mol. The van der Waals surface area contributed by atoms with Crippen LogP contribution >= 0.6 is 0 Å². The van der Waals surface area contributed by atoms with Gasteiger partial charge in [-0.05, 0) is 18.1 Å². The van der Waals surface area contributed by atoms with Gasteiger partial charge in [-0.3, -0.25) is 4.21 Å². The summed E-state index contributed by atoms with van der Waals surface area (Å²) in [5, 5.41) is 0. The van der Waals surface area contributed by atoms with E-state index in [1.165, 1.54) is 0 Å². The maximum atomic E-state index is 11.9. The van der Waals surface area contributed by atoms with Gasteiger partial charge in [0.2, 0.25) is 0 Å². The van der Waals surface area contributed by atoms with Crippen LogP contribution < -0.4 is 5.73 Å². The van der Waals surface area contributed by atoms with Crippen LogP contribution in [0.15, 0.2) is 35.2 Å². The van der Waals surface area contributed by atoms with Crippen molar-refractivity contribution < 1.29 is 4.21 Å². The lowest BCUT2D eigenvalue weighted by Gasteiger charge is -2.17. The Kier molecular flexibility index (Phi) is 4.99. The van der Waals surface area contributed by atoms with Crippen LogP contribution in [0, 0.1) is 5.92 Å². The molecule has 15 heavy (non-hydrogen) atoms. The van der Waals surface area contributed by atoms with Crippen LogP contribution in [0.25, 0.3) is 0 Å². The molecule has 3 atom stereocenters. The van der Waals surface area contributed by atoms with Crippen molar-refractivity contribution in [2.24, 2.45) is 11.7 Å². The van der Waals surface area contributed by atoms with E-state index in [1.54, 1.807) is 0 Å². The standard InChI is InChI=1S/C12H19NOS/c1-3-10(2)12(13)9-15(14)11-7-5-4-6-8-11/h4-8,10,12H,3,9,13H2,1-2H3. The molecule has 0 amide bonds. The third kappa shape index (κ3) is 3.76. The van der Waals surface area contributed by atoms with Crippen molar-refractivity contribution in [3.05, 3.63) is 30.3 Å². The maximum Gasteiger partial charge on any atom is 0.0545 e. The van der Waals surface area contributed by atoms with Crippen molar-refractivity contribution >= 4 is 10.8 Å². The second kappa shape index (κ2) is 6.03. The summed E-state index contributed by atoms with van der Waals surface area (Å²) in [5.41, 5.74) is 5.97. The first-order chi connectivity index (χ1) is 7.15. The van der Waals surface area contributed by atoms with Gasteiger partial charge in [-0.15, -0.1) is 0 Å². The van der Waals surface area contributed by atoms with E-state index in [9.17, 15) is 4.21 Å². The molecular weight excluding hydrogens is 206 g/mol. The van der Waals surface area contributed by atoms with E-state index >= 15 is 0 Å². The number of hydrogen-bond donors (Lipinski definition) is 1. The van der Waals surface area contributed by atoms with Gasteiger partial charge in [0.25, 0.3) is 0 Å². The van der Waals surface area contributed by atoms with E-state index < -0.39 is 10.8 Å². The zero-order chi connectivity index (χ0) is 11.3. The molecule has 0 spiro atoms. The fourth-order valence-corrected chi connectivity index (χ4v) is 2.64. The van der Waals surface area contributed by atoms with E-state index in [0.717, 1.165) is 11.3 Å². The first kappa shape index (κ1) is 12.4. The van der Waals surface area contributed by atoms with E-state index in [1.807, 2.05) is 30.3 Å². The largest absolute Gasteiger partial charge is 0.327 e. The Morgan fingerprint density at radius 2 is 1.93 bits per heavy atom. The van der Waals surface area contributed by atoms with Gasteiger partial charge in [-0.1, -0.05) is 38.5 Å². The summed E-state index contributed by atoms with van der Waals surface area (Å²) in [6.07, 6.45) is 1.03. The summed E-state index contributed by atoms with van der Waals surface area (Å²) in [7, 11) is -0.961. The Bertz CT molecular complexity index is 313. The molecule has 0 bridgehead atoms. The molecule has 3 unspecified atom stereocenters. The zero-order valence-corrected chi connectivity index (χ0v) is 10.2. The lowest BCUT2D eigenvalue weighted by Crippen LogP contribution is -2.33. The topological polar surface area (TPSA) is 43.1 Å². The number of rotatable bonds is 5. The molecule has 0 saturated carbocycles. The van der Waals surface area contributed by atoms with Gasteiger partial charge in [-0.25, -0.2) is 0 Å². The Morgan fingerprint density at radius 3 is 2.47 bits per heavy atom. The first-order valence-corrected chi connectivity index (χ1v) is 6.66. The predicted octanol–water partition coefficient (Wildman–Crippen LogP) is 2.17. The molecule has 0 fully saturated rings. The SMILES string of the molecule is CCC(C)C(N)CS(=O)c1ccccc1. The highest BCUT2D eigenvalue weighted by atomic mass is 32.2. The van der Waals surface area contributed by atoms with Crippen LogP contribution in [0.1, 0.15) is 20.3 Å². The molecule has 1 aromatic rings. The lowest BCUT2D eigenvalue weighted by atomic mass is 10.0. The van der Waals surface area contributed by atoms with Crippen LogP contribution in [-0.2, 0) is 10.8 Å². The average Bonchev–Trinajstić information content (AvgIpc) is 2.29. The van der Waals surface area contributed by atoms with Crippen molar-refractivity contribution in [1.82, 2.24) is 0 Å². The summed E-state index contributed by atoms with van der Waals surface area (Å²) in [4.78, 5) is 0.872. The zero-order valence-electron chi connectivity index (χ0n) is 9.35. The second-order valence-electron chi connectivity index (χ2n) is 3.87. The van der Waals surface area contributed by atoms with Crippen molar-refractivity contribution in [1.29, 1.82) is 0 Å². The van der Waals surface area contributed by atoms with Crippen molar-refractivity contribution in [3.63, 3.8) is 0 Å². The fraction of sp³-hybridized carbons (Fsp3) is 0.500.